The zero-order valence-corrected chi connectivity index (χ0v) is 19.0. The SMILES string of the molecule is Cc1ccc(CN2C[C@@H](C(=O)N(C)CC(=O)Nc3ccc(Br)cc3C)CC2=O)cc1. The molecule has 2 aromatic carbocycles. The maximum Gasteiger partial charge on any atom is 0.243 e. The molecule has 1 fully saturated rings. The van der Waals surface area contributed by atoms with E-state index in [9.17, 15) is 14.4 Å². The lowest BCUT2D eigenvalue weighted by Crippen LogP contribution is -2.39. The van der Waals surface area contributed by atoms with Crippen LogP contribution in [0, 0.1) is 19.8 Å². The molecule has 6 nitrogen and oxygen atoms in total. The molecule has 0 bridgehead atoms. The van der Waals surface area contributed by atoms with Gasteiger partial charge in [0.2, 0.25) is 17.7 Å². The highest BCUT2D eigenvalue weighted by Crippen LogP contribution is 2.23. The molecule has 0 radical (unpaired) electrons. The minimum Gasteiger partial charge on any atom is -0.338 e. The number of nitrogens with zero attached hydrogens (tertiary/aromatic N) is 2. The second-order valence-electron chi connectivity index (χ2n) is 7.86. The van der Waals surface area contributed by atoms with E-state index >= 15 is 0 Å². The van der Waals surface area contributed by atoms with Crippen LogP contribution < -0.4 is 5.32 Å². The van der Waals surface area contributed by atoms with Crippen molar-refractivity contribution < 1.29 is 14.4 Å². The maximum absolute atomic E-state index is 12.8. The van der Waals surface area contributed by atoms with Gasteiger partial charge in [-0.25, -0.2) is 0 Å². The largest absolute Gasteiger partial charge is 0.338 e. The summed E-state index contributed by atoms with van der Waals surface area (Å²) in [6.07, 6.45) is 0.183. The van der Waals surface area contributed by atoms with Crippen LogP contribution in [0.15, 0.2) is 46.9 Å². The minimum atomic E-state index is -0.421. The summed E-state index contributed by atoms with van der Waals surface area (Å²) >= 11 is 3.40. The number of anilines is 1. The predicted octanol–water partition coefficient (Wildman–Crippen LogP) is 3.51. The molecule has 0 spiro atoms. The lowest BCUT2D eigenvalue weighted by atomic mass is 10.1. The maximum atomic E-state index is 12.8. The Kier molecular flexibility index (Phi) is 6.92. The summed E-state index contributed by atoms with van der Waals surface area (Å²) < 4.78 is 0.936. The number of amides is 3. The summed E-state index contributed by atoms with van der Waals surface area (Å²) in [5.41, 5.74) is 3.85. The highest BCUT2D eigenvalue weighted by Gasteiger charge is 2.36. The number of likely N-dealkylation sites (N-methyl/N-ethyl adjacent to an activating group) is 1. The molecule has 3 rings (SSSR count). The van der Waals surface area contributed by atoms with Crippen LogP contribution >= 0.6 is 15.9 Å². The van der Waals surface area contributed by atoms with Crippen LogP contribution in [0.25, 0.3) is 0 Å². The summed E-state index contributed by atoms with van der Waals surface area (Å²) in [4.78, 5) is 40.7. The van der Waals surface area contributed by atoms with Crippen molar-refractivity contribution in [3.05, 3.63) is 63.6 Å². The molecule has 1 N–H and O–H groups in total. The normalized spacial score (nSPS) is 15.9. The van der Waals surface area contributed by atoms with Gasteiger partial charge in [0.25, 0.3) is 0 Å². The van der Waals surface area contributed by atoms with Gasteiger partial charge >= 0.3 is 0 Å². The molecular formula is C23H26BrN3O3. The van der Waals surface area contributed by atoms with E-state index in [1.807, 2.05) is 56.3 Å². The Morgan fingerprint density at radius 3 is 2.53 bits per heavy atom. The number of benzene rings is 2. The molecule has 0 saturated carbocycles. The van der Waals surface area contributed by atoms with Crippen LogP contribution in [-0.2, 0) is 20.9 Å². The Morgan fingerprint density at radius 1 is 1.17 bits per heavy atom. The number of carbonyl (C=O) groups excluding carboxylic acids is 3. The molecule has 0 unspecified atom stereocenters. The second kappa shape index (κ2) is 9.43. The third-order valence-electron chi connectivity index (χ3n) is 5.28. The Morgan fingerprint density at radius 2 is 1.87 bits per heavy atom. The molecule has 1 aliphatic rings. The smallest absolute Gasteiger partial charge is 0.243 e. The van der Waals surface area contributed by atoms with E-state index in [4.69, 9.17) is 0 Å². The first-order valence-corrected chi connectivity index (χ1v) is 10.7. The van der Waals surface area contributed by atoms with Crippen LogP contribution in [0.1, 0.15) is 23.1 Å². The molecule has 0 aromatic heterocycles. The van der Waals surface area contributed by atoms with Gasteiger partial charge in [0.1, 0.15) is 0 Å². The second-order valence-corrected chi connectivity index (χ2v) is 8.78. The number of carbonyl (C=O) groups is 3. The van der Waals surface area contributed by atoms with Gasteiger partial charge in [0.15, 0.2) is 0 Å². The molecule has 3 amide bonds. The Balaban J connectivity index is 1.54. The summed E-state index contributed by atoms with van der Waals surface area (Å²) in [6.45, 7) is 4.74. The Labute approximate surface area is 185 Å². The predicted molar refractivity (Wildman–Crippen MR) is 120 cm³/mol. The summed E-state index contributed by atoms with van der Waals surface area (Å²) in [6, 6.07) is 13.6. The summed E-state index contributed by atoms with van der Waals surface area (Å²) in [5.74, 6) is -0.901. The lowest BCUT2D eigenvalue weighted by Gasteiger charge is -2.21. The van der Waals surface area contributed by atoms with Gasteiger partial charge in [-0.15, -0.1) is 0 Å². The molecule has 1 saturated heterocycles. The number of hydrogen-bond acceptors (Lipinski definition) is 3. The van der Waals surface area contributed by atoms with Crippen LogP contribution in [-0.4, -0.2) is 47.7 Å². The Bertz CT molecular complexity index is 959. The Hall–Kier alpha value is -2.67. The zero-order chi connectivity index (χ0) is 21.8. The zero-order valence-electron chi connectivity index (χ0n) is 17.4. The minimum absolute atomic E-state index is 0.0303. The summed E-state index contributed by atoms with van der Waals surface area (Å²) in [5, 5.41) is 2.84. The van der Waals surface area contributed by atoms with Gasteiger partial charge in [0, 0.05) is 36.7 Å². The van der Waals surface area contributed by atoms with Crippen LogP contribution in [0.3, 0.4) is 0 Å². The van der Waals surface area contributed by atoms with Gasteiger partial charge in [0.05, 0.1) is 12.5 Å². The van der Waals surface area contributed by atoms with Gasteiger partial charge in [-0.3, -0.25) is 14.4 Å². The van der Waals surface area contributed by atoms with Crippen molar-refractivity contribution in [3.63, 3.8) is 0 Å². The van der Waals surface area contributed by atoms with E-state index in [0.717, 1.165) is 21.2 Å². The monoisotopic (exact) mass is 471 g/mol. The van der Waals surface area contributed by atoms with Crippen molar-refractivity contribution in [2.45, 2.75) is 26.8 Å². The summed E-state index contributed by atoms with van der Waals surface area (Å²) in [7, 11) is 1.60. The highest BCUT2D eigenvalue weighted by molar-refractivity contribution is 9.10. The first-order chi connectivity index (χ1) is 14.2. The average Bonchev–Trinajstić information content (AvgIpc) is 3.05. The molecule has 30 heavy (non-hydrogen) atoms. The number of aryl methyl sites for hydroxylation is 2. The lowest BCUT2D eigenvalue weighted by molar-refractivity contribution is -0.137. The molecule has 2 aromatic rings. The topological polar surface area (TPSA) is 69.7 Å². The van der Waals surface area contributed by atoms with E-state index in [0.29, 0.717) is 18.8 Å². The van der Waals surface area contributed by atoms with Gasteiger partial charge in [-0.05, 0) is 43.2 Å². The van der Waals surface area contributed by atoms with Crippen molar-refractivity contribution in [2.24, 2.45) is 5.92 Å². The van der Waals surface area contributed by atoms with E-state index in [1.165, 1.54) is 4.90 Å². The van der Waals surface area contributed by atoms with Crippen LogP contribution in [0.2, 0.25) is 0 Å². The fraction of sp³-hybridized carbons (Fsp3) is 0.348. The third-order valence-corrected chi connectivity index (χ3v) is 5.77. The molecular weight excluding hydrogens is 446 g/mol. The molecule has 1 aliphatic heterocycles. The first kappa shape index (κ1) is 22.0. The van der Waals surface area contributed by atoms with Crippen molar-refractivity contribution in [1.29, 1.82) is 0 Å². The fourth-order valence-corrected chi connectivity index (χ4v) is 4.04. The fourth-order valence-electron chi connectivity index (χ4n) is 3.57. The van der Waals surface area contributed by atoms with E-state index in [-0.39, 0.29) is 30.7 Å². The van der Waals surface area contributed by atoms with Crippen LogP contribution in [0.4, 0.5) is 5.69 Å². The van der Waals surface area contributed by atoms with Gasteiger partial charge < -0.3 is 15.1 Å². The average molecular weight is 472 g/mol. The number of halogens is 1. The third kappa shape index (κ3) is 5.48. The van der Waals surface area contributed by atoms with E-state index < -0.39 is 5.92 Å². The van der Waals surface area contributed by atoms with E-state index in [2.05, 4.69) is 21.2 Å². The standard InChI is InChI=1S/C23H26BrN3O3/c1-15-4-6-17(7-5-15)12-27-13-18(11-22(27)29)23(30)26(3)14-21(28)25-20-9-8-19(24)10-16(20)2/h4-10,18H,11-14H2,1-3H3,(H,25,28)/t18-/m0/s1. The van der Waals surface area contributed by atoms with Gasteiger partial charge in [-0.1, -0.05) is 45.8 Å². The molecule has 1 heterocycles. The first-order valence-electron chi connectivity index (χ1n) is 9.87. The molecule has 7 heteroatoms. The number of hydrogen-bond donors (Lipinski definition) is 1. The molecule has 1 atom stereocenters. The highest BCUT2D eigenvalue weighted by atomic mass is 79.9. The molecule has 158 valence electrons. The quantitative estimate of drug-likeness (QED) is 0.700. The van der Waals surface area contributed by atoms with Crippen molar-refractivity contribution in [3.8, 4) is 0 Å². The van der Waals surface area contributed by atoms with Gasteiger partial charge in [-0.2, -0.15) is 0 Å². The van der Waals surface area contributed by atoms with Crippen molar-refractivity contribution >= 4 is 39.3 Å². The number of rotatable bonds is 6. The van der Waals surface area contributed by atoms with E-state index in [1.54, 1.807) is 11.9 Å². The molecule has 0 aliphatic carbocycles. The van der Waals surface area contributed by atoms with Crippen LogP contribution in [0.5, 0.6) is 0 Å². The van der Waals surface area contributed by atoms with Crippen molar-refractivity contribution in [1.82, 2.24) is 9.80 Å². The van der Waals surface area contributed by atoms with Crippen molar-refractivity contribution in [2.75, 3.05) is 25.5 Å². The number of nitrogens with one attached hydrogen (secondary N) is 1. The number of likely N-dealkylation sites (tertiary alicyclic amines) is 1.